The summed E-state index contributed by atoms with van der Waals surface area (Å²) in [5.74, 6) is 1.80. The van der Waals surface area contributed by atoms with E-state index < -0.39 is 0 Å². The average Bonchev–Trinajstić information content (AvgIpc) is 2.72. The largest absolute Gasteiger partial charge is 0.509 e. The number of benzene rings is 2. The Kier molecular flexibility index (Phi) is 9.49. The van der Waals surface area contributed by atoms with Gasteiger partial charge in [0.1, 0.15) is 35.5 Å². The standard InChI is InChI=1S/C24H30O5/c1-19(28-23-9-5-3-6-10-23)13-15-21(25)17-27-18-22(26)16-14-20(2)29-24-11-7-4-8-12-24/h3-12,17-20,25-26H,13-16H2,1-2H3. The van der Waals surface area contributed by atoms with Gasteiger partial charge in [-0.1, -0.05) is 36.4 Å². The minimum absolute atomic E-state index is 0.0389. The third-order valence-corrected chi connectivity index (χ3v) is 4.18. The van der Waals surface area contributed by atoms with Crippen molar-refractivity contribution >= 4 is 0 Å². The molecular weight excluding hydrogens is 368 g/mol. The van der Waals surface area contributed by atoms with Crippen LogP contribution in [-0.2, 0) is 4.74 Å². The number of para-hydroxylation sites is 2. The number of ether oxygens (including phenoxy) is 3. The lowest BCUT2D eigenvalue weighted by molar-refractivity contribution is 0.199. The van der Waals surface area contributed by atoms with Gasteiger partial charge in [-0.2, -0.15) is 0 Å². The molecule has 5 nitrogen and oxygen atoms in total. The van der Waals surface area contributed by atoms with Crippen LogP contribution in [0.3, 0.4) is 0 Å². The first kappa shape index (κ1) is 22.2. The van der Waals surface area contributed by atoms with E-state index in [1.165, 1.54) is 12.5 Å². The van der Waals surface area contributed by atoms with Gasteiger partial charge >= 0.3 is 0 Å². The van der Waals surface area contributed by atoms with Crippen LogP contribution in [0.15, 0.2) is 84.7 Å². The van der Waals surface area contributed by atoms with E-state index in [-0.39, 0.29) is 23.7 Å². The molecule has 0 saturated carbocycles. The van der Waals surface area contributed by atoms with Gasteiger partial charge < -0.3 is 24.4 Å². The number of allylic oxidation sites excluding steroid dienone is 2. The Labute approximate surface area is 172 Å². The zero-order chi connectivity index (χ0) is 20.9. The second-order valence-corrected chi connectivity index (χ2v) is 6.91. The Morgan fingerprint density at radius 1 is 0.724 bits per heavy atom. The summed E-state index contributed by atoms with van der Waals surface area (Å²) in [5, 5.41) is 19.8. The van der Waals surface area contributed by atoms with Crippen LogP contribution in [-0.4, -0.2) is 22.4 Å². The lowest BCUT2D eigenvalue weighted by Gasteiger charge is -2.14. The molecule has 0 heterocycles. The van der Waals surface area contributed by atoms with Crippen molar-refractivity contribution in [3.63, 3.8) is 0 Å². The van der Waals surface area contributed by atoms with Crippen LogP contribution < -0.4 is 9.47 Å². The number of aliphatic hydroxyl groups is 2. The fourth-order valence-electron chi connectivity index (χ4n) is 2.59. The first-order valence-electron chi connectivity index (χ1n) is 9.88. The Morgan fingerprint density at radius 3 is 1.48 bits per heavy atom. The molecule has 2 atom stereocenters. The molecule has 0 saturated heterocycles. The molecule has 0 amide bonds. The molecule has 2 N–H and O–H groups in total. The third kappa shape index (κ3) is 9.60. The number of rotatable bonds is 12. The van der Waals surface area contributed by atoms with Crippen LogP contribution >= 0.6 is 0 Å². The van der Waals surface area contributed by atoms with Crippen LogP contribution in [0.2, 0.25) is 0 Å². The van der Waals surface area contributed by atoms with Gasteiger partial charge in [0.15, 0.2) is 0 Å². The molecule has 0 aliphatic carbocycles. The minimum atomic E-state index is -0.0389. The van der Waals surface area contributed by atoms with Gasteiger partial charge in [-0.15, -0.1) is 0 Å². The molecule has 0 aromatic heterocycles. The predicted molar refractivity (Wildman–Crippen MR) is 114 cm³/mol. The highest BCUT2D eigenvalue weighted by molar-refractivity contribution is 5.21. The van der Waals surface area contributed by atoms with Crippen molar-refractivity contribution in [2.24, 2.45) is 0 Å². The molecule has 29 heavy (non-hydrogen) atoms. The summed E-state index contributed by atoms with van der Waals surface area (Å²) in [6.45, 7) is 3.90. The van der Waals surface area contributed by atoms with Gasteiger partial charge in [-0.3, -0.25) is 0 Å². The number of aliphatic hydroxyl groups excluding tert-OH is 2. The summed E-state index contributed by atoms with van der Waals surface area (Å²) in [6.07, 6.45) is 4.51. The number of hydrogen-bond donors (Lipinski definition) is 2. The Balaban J connectivity index is 1.64. The maximum Gasteiger partial charge on any atom is 0.128 e. The van der Waals surface area contributed by atoms with E-state index in [1.54, 1.807) is 0 Å². The molecule has 5 heteroatoms. The Hall–Kier alpha value is -3.08. The van der Waals surface area contributed by atoms with Crippen molar-refractivity contribution < 1.29 is 24.4 Å². The quantitative estimate of drug-likeness (QED) is 0.411. The van der Waals surface area contributed by atoms with Crippen molar-refractivity contribution in [2.75, 3.05) is 0 Å². The van der Waals surface area contributed by atoms with Crippen LogP contribution in [0.1, 0.15) is 39.5 Å². The van der Waals surface area contributed by atoms with E-state index in [0.717, 1.165) is 11.5 Å². The predicted octanol–water partition coefficient (Wildman–Crippen LogP) is 6.30. The van der Waals surface area contributed by atoms with Gasteiger partial charge in [-0.05, 0) is 51.0 Å². The fourth-order valence-corrected chi connectivity index (χ4v) is 2.59. The molecule has 0 aliphatic rings. The second kappa shape index (κ2) is 12.4. The van der Waals surface area contributed by atoms with Gasteiger partial charge in [-0.25, -0.2) is 0 Å². The van der Waals surface area contributed by atoms with E-state index in [9.17, 15) is 10.2 Å². The number of hydrogen-bond acceptors (Lipinski definition) is 5. The topological polar surface area (TPSA) is 68.2 Å². The SMILES string of the molecule is CC(CCC(O)=COC=C(O)CCC(C)Oc1ccccc1)Oc1ccccc1. The molecule has 0 radical (unpaired) electrons. The summed E-state index contributed by atoms with van der Waals surface area (Å²) in [5.41, 5.74) is 0. The molecular formula is C24H30O5. The molecule has 2 aromatic carbocycles. The zero-order valence-corrected chi connectivity index (χ0v) is 17.0. The molecule has 2 aromatic rings. The second-order valence-electron chi connectivity index (χ2n) is 6.91. The van der Waals surface area contributed by atoms with Crippen molar-refractivity contribution in [1.82, 2.24) is 0 Å². The molecule has 2 unspecified atom stereocenters. The van der Waals surface area contributed by atoms with Crippen molar-refractivity contribution in [1.29, 1.82) is 0 Å². The fraction of sp³-hybridized carbons (Fsp3) is 0.333. The highest BCUT2D eigenvalue weighted by atomic mass is 16.5. The molecule has 156 valence electrons. The van der Waals surface area contributed by atoms with E-state index in [1.807, 2.05) is 74.5 Å². The molecule has 0 fully saturated rings. The van der Waals surface area contributed by atoms with E-state index in [4.69, 9.17) is 14.2 Å². The highest BCUT2D eigenvalue weighted by Crippen LogP contribution is 2.16. The third-order valence-electron chi connectivity index (χ3n) is 4.18. The van der Waals surface area contributed by atoms with Crippen LogP contribution in [0.5, 0.6) is 11.5 Å². The Morgan fingerprint density at radius 2 is 1.10 bits per heavy atom. The van der Waals surface area contributed by atoms with Gasteiger partial charge in [0.2, 0.25) is 0 Å². The molecule has 2 rings (SSSR count). The first-order valence-corrected chi connectivity index (χ1v) is 9.88. The van der Waals surface area contributed by atoms with Crippen LogP contribution in [0.25, 0.3) is 0 Å². The minimum Gasteiger partial charge on any atom is -0.509 e. The molecule has 0 bridgehead atoms. The maximum atomic E-state index is 9.91. The summed E-state index contributed by atoms with van der Waals surface area (Å²) in [6, 6.07) is 19.1. The van der Waals surface area contributed by atoms with Gasteiger partial charge in [0, 0.05) is 12.8 Å². The highest BCUT2D eigenvalue weighted by Gasteiger charge is 2.07. The summed E-state index contributed by atoms with van der Waals surface area (Å²) in [7, 11) is 0. The monoisotopic (exact) mass is 398 g/mol. The average molecular weight is 398 g/mol. The lowest BCUT2D eigenvalue weighted by Crippen LogP contribution is -2.12. The smallest absolute Gasteiger partial charge is 0.128 e. The van der Waals surface area contributed by atoms with Gasteiger partial charge in [0.25, 0.3) is 0 Å². The summed E-state index contributed by atoms with van der Waals surface area (Å²) in [4.78, 5) is 0. The van der Waals surface area contributed by atoms with Crippen LogP contribution in [0, 0.1) is 0 Å². The van der Waals surface area contributed by atoms with Crippen LogP contribution in [0.4, 0.5) is 0 Å². The van der Waals surface area contributed by atoms with Crippen molar-refractivity contribution in [3.8, 4) is 11.5 Å². The van der Waals surface area contributed by atoms with E-state index in [0.29, 0.717) is 25.7 Å². The first-order chi connectivity index (χ1) is 14.0. The van der Waals surface area contributed by atoms with E-state index in [2.05, 4.69) is 0 Å². The summed E-state index contributed by atoms with van der Waals surface area (Å²) < 4.78 is 16.7. The van der Waals surface area contributed by atoms with Gasteiger partial charge in [0.05, 0.1) is 12.2 Å². The molecule has 0 aliphatic heterocycles. The Bertz CT molecular complexity index is 690. The van der Waals surface area contributed by atoms with E-state index >= 15 is 0 Å². The van der Waals surface area contributed by atoms with Crippen molar-refractivity contribution in [2.45, 2.75) is 51.7 Å². The normalized spacial score (nSPS) is 14.1. The molecule has 0 spiro atoms. The van der Waals surface area contributed by atoms with Crippen molar-refractivity contribution in [3.05, 3.63) is 84.7 Å². The zero-order valence-electron chi connectivity index (χ0n) is 17.0. The maximum absolute atomic E-state index is 9.91. The summed E-state index contributed by atoms with van der Waals surface area (Å²) >= 11 is 0. The lowest BCUT2D eigenvalue weighted by atomic mass is 10.2.